The topological polar surface area (TPSA) is 26.3 Å². The van der Waals surface area contributed by atoms with E-state index >= 15 is 0 Å². The van der Waals surface area contributed by atoms with E-state index in [1.807, 2.05) is 18.2 Å². The SMILES string of the molecule is CC(C)(C)[Si](C)(C)OC(c1ccccc1)C1CCCCC1=O. The number of rotatable bonds is 4. The summed E-state index contributed by atoms with van der Waals surface area (Å²) in [5.41, 5.74) is 1.16. The van der Waals surface area contributed by atoms with Crippen molar-refractivity contribution in [3.05, 3.63) is 35.9 Å². The third-order valence-corrected chi connectivity index (χ3v) is 9.78. The lowest BCUT2D eigenvalue weighted by Gasteiger charge is -2.42. The van der Waals surface area contributed by atoms with Crippen molar-refractivity contribution in [1.29, 1.82) is 0 Å². The van der Waals surface area contributed by atoms with Crippen LogP contribution in [-0.4, -0.2) is 14.1 Å². The number of carbonyl (C=O) groups excluding carboxylic acids is 1. The molecule has 1 aromatic rings. The Bertz CT molecular complexity index is 502. The predicted octanol–water partition coefficient (Wildman–Crippen LogP) is 5.51. The monoisotopic (exact) mass is 318 g/mol. The molecule has 3 heteroatoms. The molecule has 1 aliphatic carbocycles. The van der Waals surface area contributed by atoms with Crippen LogP contribution >= 0.6 is 0 Å². The third kappa shape index (κ3) is 3.88. The Kier molecular flexibility index (Phi) is 5.28. The largest absolute Gasteiger partial charge is 0.409 e. The summed E-state index contributed by atoms with van der Waals surface area (Å²) >= 11 is 0. The van der Waals surface area contributed by atoms with E-state index in [2.05, 4.69) is 46.0 Å². The summed E-state index contributed by atoms with van der Waals surface area (Å²) in [6, 6.07) is 10.3. The molecule has 2 atom stereocenters. The van der Waals surface area contributed by atoms with Gasteiger partial charge in [-0.1, -0.05) is 57.5 Å². The van der Waals surface area contributed by atoms with E-state index in [-0.39, 0.29) is 17.1 Å². The van der Waals surface area contributed by atoms with E-state index in [1.165, 1.54) is 0 Å². The Hall–Kier alpha value is -0.933. The van der Waals surface area contributed by atoms with Crippen molar-refractivity contribution in [2.45, 2.75) is 70.7 Å². The van der Waals surface area contributed by atoms with E-state index in [1.54, 1.807) is 0 Å². The average Bonchev–Trinajstić information content (AvgIpc) is 2.45. The molecule has 0 bridgehead atoms. The van der Waals surface area contributed by atoms with Crippen molar-refractivity contribution in [2.24, 2.45) is 5.92 Å². The fourth-order valence-electron chi connectivity index (χ4n) is 2.85. The van der Waals surface area contributed by atoms with Gasteiger partial charge in [0.15, 0.2) is 8.32 Å². The van der Waals surface area contributed by atoms with E-state index in [0.717, 1.165) is 31.2 Å². The third-order valence-electron chi connectivity index (χ3n) is 5.32. The van der Waals surface area contributed by atoms with E-state index in [4.69, 9.17) is 4.43 Å². The second kappa shape index (κ2) is 6.67. The van der Waals surface area contributed by atoms with Crippen LogP contribution in [0.4, 0.5) is 0 Å². The van der Waals surface area contributed by atoms with Gasteiger partial charge >= 0.3 is 0 Å². The molecule has 0 aromatic heterocycles. The highest BCUT2D eigenvalue weighted by Crippen LogP contribution is 2.43. The maximum Gasteiger partial charge on any atom is 0.192 e. The highest BCUT2D eigenvalue weighted by molar-refractivity contribution is 6.74. The lowest BCUT2D eigenvalue weighted by molar-refractivity contribution is -0.128. The molecule has 0 amide bonds. The van der Waals surface area contributed by atoms with Gasteiger partial charge in [-0.3, -0.25) is 4.79 Å². The Morgan fingerprint density at radius 3 is 2.32 bits per heavy atom. The molecule has 122 valence electrons. The van der Waals surface area contributed by atoms with Crippen LogP contribution in [0, 0.1) is 5.92 Å². The van der Waals surface area contributed by atoms with Crippen molar-refractivity contribution < 1.29 is 9.22 Å². The zero-order valence-electron chi connectivity index (χ0n) is 14.7. The fourth-order valence-corrected chi connectivity index (χ4v) is 4.14. The van der Waals surface area contributed by atoms with Gasteiger partial charge in [0, 0.05) is 12.3 Å². The van der Waals surface area contributed by atoms with Crippen LogP contribution in [0.1, 0.15) is 58.1 Å². The molecular weight excluding hydrogens is 288 g/mol. The summed E-state index contributed by atoms with van der Waals surface area (Å²) in [5, 5.41) is 0.151. The molecule has 1 fully saturated rings. The molecule has 0 saturated heterocycles. The standard InChI is InChI=1S/C19H30O2Si/c1-19(2,3)22(4,5)21-18(15-11-7-6-8-12-15)16-13-9-10-14-17(16)20/h6-8,11-12,16,18H,9-10,13-14H2,1-5H3. The first-order chi connectivity index (χ1) is 10.2. The molecule has 0 radical (unpaired) electrons. The van der Waals surface area contributed by atoms with Crippen LogP contribution in [0.3, 0.4) is 0 Å². The average molecular weight is 319 g/mol. The Morgan fingerprint density at radius 1 is 1.14 bits per heavy atom. The van der Waals surface area contributed by atoms with Crippen LogP contribution < -0.4 is 0 Å². The second-order valence-corrected chi connectivity index (χ2v) is 12.8. The molecule has 2 unspecified atom stereocenters. The molecule has 0 heterocycles. The molecule has 1 aromatic carbocycles. The van der Waals surface area contributed by atoms with Gasteiger partial charge in [-0.05, 0) is 36.5 Å². The summed E-state index contributed by atoms with van der Waals surface area (Å²) in [4.78, 5) is 12.5. The molecule has 0 spiro atoms. The van der Waals surface area contributed by atoms with Crippen molar-refractivity contribution >= 4 is 14.1 Å². The maximum absolute atomic E-state index is 12.5. The van der Waals surface area contributed by atoms with Crippen molar-refractivity contribution in [2.75, 3.05) is 0 Å². The van der Waals surface area contributed by atoms with E-state index in [9.17, 15) is 4.79 Å². The molecule has 0 N–H and O–H groups in total. The van der Waals surface area contributed by atoms with Gasteiger partial charge < -0.3 is 4.43 Å². The highest BCUT2D eigenvalue weighted by Gasteiger charge is 2.42. The first-order valence-electron chi connectivity index (χ1n) is 8.48. The van der Waals surface area contributed by atoms with Crippen molar-refractivity contribution in [3.8, 4) is 0 Å². The normalized spacial score (nSPS) is 21.7. The van der Waals surface area contributed by atoms with Crippen LogP contribution in [0.5, 0.6) is 0 Å². The number of benzene rings is 1. The number of hydrogen-bond donors (Lipinski definition) is 0. The maximum atomic E-state index is 12.5. The van der Waals surface area contributed by atoms with Crippen LogP contribution in [0.2, 0.25) is 18.1 Å². The summed E-state index contributed by atoms with van der Waals surface area (Å²) in [5.74, 6) is 0.420. The predicted molar refractivity (Wildman–Crippen MR) is 94.4 cm³/mol. The number of ketones is 1. The van der Waals surface area contributed by atoms with Gasteiger partial charge in [0.25, 0.3) is 0 Å². The van der Waals surface area contributed by atoms with Gasteiger partial charge in [-0.25, -0.2) is 0 Å². The number of hydrogen-bond acceptors (Lipinski definition) is 2. The molecule has 2 nitrogen and oxygen atoms in total. The smallest absolute Gasteiger partial charge is 0.192 e. The number of Topliss-reactive ketones (excluding diaryl/α,β-unsaturated/α-hetero) is 1. The Labute approximate surface area is 136 Å². The Morgan fingerprint density at radius 2 is 1.77 bits per heavy atom. The van der Waals surface area contributed by atoms with Crippen LogP contribution in [-0.2, 0) is 9.22 Å². The summed E-state index contributed by atoms with van der Waals surface area (Å²) in [6.45, 7) is 11.3. The molecule has 1 saturated carbocycles. The minimum atomic E-state index is -1.92. The van der Waals surface area contributed by atoms with Gasteiger partial charge in [0.05, 0.1) is 6.10 Å². The first kappa shape index (κ1) is 17.4. The molecular formula is C19H30O2Si. The summed E-state index contributed by atoms with van der Waals surface area (Å²) in [7, 11) is -1.92. The lowest BCUT2D eigenvalue weighted by atomic mass is 9.82. The van der Waals surface area contributed by atoms with Crippen LogP contribution in [0.15, 0.2) is 30.3 Å². The quantitative estimate of drug-likeness (QED) is 0.684. The lowest BCUT2D eigenvalue weighted by Crippen LogP contribution is -2.44. The zero-order chi connectivity index (χ0) is 16.4. The molecule has 1 aliphatic rings. The minimum Gasteiger partial charge on any atom is -0.409 e. The zero-order valence-corrected chi connectivity index (χ0v) is 15.7. The van der Waals surface area contributed by atoms with E-state index < -0.39 is 8.32 Å². The van der Waals surface area contributed by atoms with Crippen molar-refractivity contribution in [3.63, 3.8) is 0 Å². The Balaban J connectivity index is 2.32. The first-order valence-corrected chi connectivity index (χ1v) is 11.4. The van der Waals surface area contributed by atoms with E-state index in [0.29, 0.717) is 5.78 Å². The molecule has 2 rings (SSSR count). The van der Waals surface area contributed by atoms with Gasteiger partial charge in [-0.15, -0.1) is 0 Å². The van der Waals surface area contributed by atoms with Gasteiger partial charge in [0.1, 0.15) is 5.78 Å². The van der Waals surface area contributed by atoms with Crippen molar-refractivity contribution in [1.82, 2.24) is 0 Å². The minimum absolute atomic E-state index is 0.0327. The second-order valence-electron chi connectivity index (χ2n) is 8.03. The summed E-state index contributed by atoms with van der Waals surface area (Å²) in [6.07, 6.45) is 3.79. The van der Waals surface area contributed by atoms with Gasteiger partial charge in [0.2, 0.25) is 0 Å². The molecule has 22 heavy (non-hydrogen) atoms. The van der Waals surface area contributed by atoms with Crippen LogP contribution in [0.25, 0.3) is 0 Å². The molecule has 0 aliphatic heterocycles. The van der Waals surface area contributed by atoms with Gasteiger partial charge in [-0.2, -0.15) is 0 Å². The highest BCUT2D eigenvalue weighted by atomic mass is 28.4. The fraction of sp³-hybridized carbons (Fsp3) is 0.632. The summed E-state index contributed by atoms with van der Waals surface area (Å²) < 4.78 is 6.72. The number of carbonyl (C=O) groups is 1.